The van der Waals surface area contributed by atoms with Gasteiger partial charge >= 0.3 is 43.7 Å². The molecular weight excluding hydrogens is 296 g/mol. The van der Waals surface area contributed by atoms with Crippen molar-refractivity contribution in [3.8, 4) is 5.75 Å². The van der Waals surface area contributed by atoms with Gasteiger partial charge < -0.3 is 32.8 Å². The summed E-state index contributed by atoms with van der Waals surface area (Å²) in [5.74, 6) is -0.767. The van der Waals surface area contributed by atoms with E-state index in [4.69, 9.17) is 14.6 Å². The van der Waals surface area contributed by atoms with Crippen LogP contribution < -0.4 is 4.74 Å². The Balaban J connectivity index is 0. The molecule has 1 aliphatic heterocycles. The Morgan fingerprint density at radius 3 is 2.35 bits per heavy atom. The molecule has 1 aliphatic rings. The van der Waals surface area contributed by atoms with Crippen LogP contribution in [-0.4, -0.2) is 95.3 Å². The Labute approximate surface area is 147 Å². The van der Waals surface area contributed by atoms with Gasteiger partial charge in [0.05, 0.1) is 12.2 Å². The van der Waals surface area contributed by atoms with Crippen molar-refractivity contribution in [1.82, 2.24) is 0 Å². The second-order valence-electron chi connectivity index (χ2n) is 4.20. The van der Waals surface area contributed by atoms with E-state index >= 15 is 0 Å². The standard InChI is InChI=1S/C12H14O7.Ca.2H/c13-8-5-18-12(10(15)9(8)14)19-7-3-1-6(2-4-7)11(16)17;;;/h1-4,8-10,12-15H,5H2,(H,16,17);;;/q;+2;2*-1/t8-,9+,10-,12-;;;/m1.../s1. The number of aliphatic hydroxyl groups is 3. The molecule has 0 unspecified atom stereocenters. The van der Waals surface area contributed by atoms with Crippen LogP contribution in [0.15, 0.2) is 24.3 Å². The summed E-state index contributed by atoms with van der Waals surface area (Å²) < 4.78 is 10.3. The van der Waals surface area contributed by atoms with Gasteiger partial charge in [-0.2, -0.15) is 0 Å². The molecule has 1 fully saturated rings. The van der Waals surface area contributed by atoms with Crippen molar-refractivity contribution in [3.63, 3.8) is 0 Å². The number of aliphatic hydroxyl groups excluding tert-OH is 3. The van der Waals surface area contributed by atoms with Crippen LogP contribution >= 0.6 is 0 Å². The first-order valence-electron chi connectivity index (χ1n) is 5.65. The molecule has 7 nitrogen and oxygen atoms in total. The zero-order valence-electron chi connectivity index (χ0n) is 12.5. The van der Waals surface area contributed by atoms with Crippen LogP contribution in [-0.2, 0) is 4.74 Å². The van der Waals surface area contributed by atoms with Gasteiger partial charge in [-0.1, -0.05) is 0 Å². The first-order chi connectivity index (χ1) is 8.99. The van der Waals surface area contributed by atoms with E-state index in [1.54, 1.807) is 0 Å². The number of aromatic carboxylic acids is 1. The maximum Gasteiger partial charge on any atom is 2.00 e. The van der Waals surface area contributed by atoms with Gasteiger partial charge in [0.2, 0.25) is 6.29 Å². The fourth-order valence-corrected chi connectivity index (χ4v) is 1.69. The molecule has 1 heterocycles. The van der Waals surface area contributed by atoms with Crippen LogP contribution in [0.4, 0.5) is 0 Å². The van der Waals surface area contributed by atoms with Crippen molar-refractivity contribution in [3.05, 3.63) is 29.8 Å². The van der Waals surface area contributed by atoms with Gasteiger partial charge in [0, 0.05) is 0 Å². The van der Waals surface area contributed by atoms with E-state index in [0.717, 1.165) is 0 Å². The van der Waals surface area contributed by atoms with Crippen molar-refractivity contribution in [2.75, 3.05) is 6.61 Å². The monoisotopic (exact) mass is 312 g/mol. The summed E-state index contributed by atoms with van der Waals surface area (Å²) in [5.41, 5.74) is 0.105. The third-order valence-electron chi connectivity index (χ3n) is 2.81. The second-order valence-corrected chi connectivity index (χ2v) is 4.20. The molecule has 1 aromatic carbocycles. The van der Waals surface area contributed by atoms with Gasteiger partial charge in [-0.25, -0.2) is 4.79 Å². The number of hydrogen-bond donors (Lipinski definition) is 4. The Bertz CT molecular complexity index is 459. The average molecular weight is 312 g/mol. The molecule has 108 valence electrons. The van der Waals surface area contributed by atoms with Crippen LogP contribution in [0.5, 0.6) is 5.75 Å². The maximum atomic E-state index is 10.7. The van der Waals surface area contributed by atoms with E-state index in [-0.39, 0.29) is 58.5 Å². The van der Waals surface area contributed by atoms with Gasteiger partial charge in [-0.3, -0.25) is 0 Å². The number of carboxylic acid groups (broad SMARTS) is 1. The Morgan fingerprint density at radius 1 is 1.20 bits per heavy atom. The van der Waals surface area contributed by atoms with E-state index in [9.17, 15) is 20.1 Å². The predicted molar refractivity (Wildman–Crippen MR) is 69.8 cm³/mol. The molecule has 0 radical (unpaired) electrons. The molecule has 0 aromatic heterocycles. The number of ether oxygens (including phenoxy) is 2. The van der Waals surface area contributed by atoms with Gasteiger partial charge in [0.15, 0.2) is 0 Å². The normalized spacial score (nSPS) is 29.4. The number of carbonyl (C=O) groups is 1. The Kier molecular flexibility index (Phi) is 6.66. The maximum absolute atomic E-state index is 10.7. The minimum absolute atomic E-state index is 0. The summed E-state index contributed by atoms with van der Waals surface area (Å²) in [6, 6.07) is 5.52. The fourth-order valence-electron chi connectivity index (χ4n) is 1.69. The molecule has 2 rings (SSSR count). The van der Waals surface area contributed by atoms with Crippen molar-refractivity contribution >= 4 is 43.7 Å². The van der Waals surface area contributed by atoms with Gasteiger partial charge in [-0.05, 0) is 24.3 Å². The van der Waals surface area contributed by atoms with E-state index in [1.165, 1.54) is 24.3 Å². The third-order valence-corrected chi connectivity index (χ3v) is 2.81. The van der Waals surface area contributed by atoms with E-state index < -0.39 is 30.6 Å². The molecule has 20 heavy (non-hydrogen) atoms. The van der Waals surface area contributed by atoms with Crippen LogP contribution in [0.25, 0.3) is 0 Å². The minimum Gasteiger partial charge on any atom is -1.00 e. The average Bonchev–Trinajstić information content (AvgIpc) is 2.40. The van der Waals surface area contributed by atoms with Crippen LogP contribution in [0.2, 0.25) is 0 Å². The van der Waals surface area contributed by atoms with Crippen molar-refractivity contribution in [1.29, 1.82) is 0 Å². The van der Waals surface area contributed by atoms with Crippen LogP contribution in [0, 0.1) is 0 Å². The fraction of sp³-hybridized carbons (Fsp3) is 0.417. The number of carboxylic acids is 1. The topological polar surface area (TPSA) is 116 Å². The minimum atomic E-state index is -1.39. The quantitative estimate of drug-likeness (QED) is 0.532. The molecular formula is C12H16CaO7. The molecule has 8 heteroatoms. The number of benzene rings is 1. The predicted octanol–water partition coefficient (Wildman–Crippen LogP) is -0.953. The summed E-state index contributed by atoms with van der Waals surface area (Å²) in [5, 5.41) is 37.1. The summed E-state index contributed by atoms with van der Waals surface area (Å²) in [4.78, 5) is 10.7. The molecule has 0 bridgehead atoms. The number of hydrogen-bond acceptors (Lipinski definition) is 6. The zero-order chi connectivity index (χ0) is 14.0. The van der Waals surface area contributed by atoms with E-state index in [0.29, 0.717) is 0 Å². The van der Waals surface area contributed by atoms with Crippen molar-refractivity contribution < 1.29 is 37.5 Å². The first kappa shape index (κ1) is 17.6. The second kappa shape index (κ2) is 7.56. The van der Waals surface area contributed by atoms with Gasteiger partial charge in [0.25, 0.3) is 0 Å². The van der Waals surface area contributed by atoms with Crippen LogP contribution in [0.1, 0.15) is 13.2 Å². The SMILES string of the molecule is O=C(O)c1ccc(O[C@H]2OC[C@@H](O)[C@H](O)[C@H]2O)cc1.[Ca+2].[H-].[H-]. The molecule has 4 N–H and O–H groups in total. The van der Waals surface area contributed by atoms with Gasteiger partial charge in [0.1, 0.15) is 24.1 Å². The smallest absolute Gasteiger partial charge is 1.00 e. The Hall–Kier alpha value is -0.410. The summed E-state index contributed by atoms with van der Waals surface area (Å²) in [7, 11) is 0. The molecule has 0 amide bonds. The van der Waals surface area contributed by atoms with Crippen molar-refractivity contribution in [2.24, 2.45) is 0 Å². The number of rotatable bonds is 3. The molecule has 0 aliphatic carbocycles. The summed E-state index contributed by atoms with van der Waals surface area (Å²) >= 11 is 0. The Morgan fingerprint density at radius 2 is 1.80 bits per heavy atom. The largest absolute Gasteiger partial charge is 2.00 e. The molecule has 1 saturated heterocycles. The van der Waals surface area contributed by atoms with Crippen molar-refractivity contribution in [2.45, 2.75) is 24.6 Å². The van der Waals surface area contributed by atoms with Gasteiger partial charge in [-0.15, -0.1) is 0 Å². The molecule has 0 saturated carbocycles. The molecule has 4 atom stereocenters. The van der Waals surface area contributed by atoms with Crippen LogP contribution in [0.3, 0.4) is 0 Å². The third kappa shape index (κ3) is 4.05. The summed E-state index contributed by atoms with van der Waals surface area (Å²) in [6.07, 6.45) is -5.02. The van der Waals surface area contributed by atoms with E-state index in [1.807, 2.05) is 0 Å². The summed E-state index contributed by atoms with van der Waals surface area (Å²) in [6.45, 7) is -0.157. The molecule has 1 aromatic rings. The zero-order valence-corrected chi connectivity index (χ0v) is 12.8. The molecule has 0 spiro atoms. The van der Waals surface area contributed by atoms with E-state index in [2.05, 4.69) is 0 Å². The first-order valence-corrected chi connectivity index (χ1v) is 5.65.